The number of amides is 1. The van der Waals surface area contributed by atoms with Crippen LogP contribution in [0, 0.1) is 0 Å². The molecule has 7 heteroatoms. The second kappa shape index (κ2) is 6.85. The largest absolute Gasteiger partial charge is 0.468 e. The van der Waals surface area contributed by atoms with Gasteiger partial charge in [-0.3, -0.25) is 9.59 Å². The number of aromatic nitrogens is 2. The Hall–Kier alpha value is -2.15. The van der Waals surface area contributed by atoms with Gasteiger partial charge in [-0.2, -0.15) is 0 Å². The highest BCUT2D eigenvalue weighted by Gasteiger charge is 2.08. The summed E-state index contributed by atoms with van der Waals surface area (Å²) in [7, 11) is 1.27. The minimum atomic E-state index is -0.476. The smallest absolute Gasteiger partial charge is 0.325 e. The van der Waals surface area contributed by atoms with Gasteiger partial charge in [-0.15, -0.1) is 0 Å². The molecule has 6 nitrogen and oxygen atoms in total. The fourth-order valence-electron chi connectivity index (χ4n) is 1.52. The zero-order valence-corrected chi connectivity index (χ0v) is 11.6. The van der Waals surface area contributed by atoms with Gasteiger partial charge in [0.2, 0.25) is 5.91 Å². The molecule has 0 fully saturated rings. The van der Waals surface area contributed by atoms with Gasteiger partial charge in [0.1, 0.15) is 17.9 Å². The van der Waals surface area contributed by atoms with E-state index in [9.17, 15) is 9.59 Å². The Morgan fingerprint density at radius 1 is 1.30 bits per heavy atom. The number of para-hydroxylation sites is 1. The van der Waals surface area contributed by atoms with Crippen LogP contribution >= 0.6 is 11.8 Å². The molecule has 1 amide bonds. The minimum Gasteiger partial charge on any atom is -0.468 e. The van der Waals surface area contributed by atoms with Crippen molar-refractivity contribution in [3.05, 3.63) is 30.6 Å². The van der Waals surface area contributed by atoms with Crippen molar-refractivity contribution in [1.82, 2.24) is 15.3 Å². The number of carbonyl (C=O) groups is 2. The van der Waals surface area contributed by atoms with Gasteiger partial charge in [0, 0.05) is 5.39 Å². The summed E-state index contributed by atoms with van der Waals surface area (Å²) in [6.07, 6.45) is 1.47. The first-order valence-corrected chi connectivity index (χ1v) is 6.85. The van der Waals surface area contributed by atoms with Gasteiger partial charge in [-0.25, -0.2) is 9.97 Å². The van der Waals surface area contributed by atoms with E-state index in [1.807, 2.05) is 24.3 Å². The van der Waals surface area contributed by atoms with E-state index >= 15 is 0 Å². The number of nitrogens with zero attached hydrogens (tertiary/aromatic N) is 2. The molecule has 20 heavy (non-hydrogen) atoms. The SMILES string of the molecule is COC(=O)CNC(=O)CSc1ncnc2ccccc12. The van der Waals surface area contributed by atoms with Crippen molar-refractivity contribution in [3.8, 4) is 0 Å². The van der Waals surface area contributed by atoms with E-state index in [0.29, 0.717) is 0 Å². The molecule has 0 aliphatic carbocycles. The van der Waals surface area contributed by atoms with Gasteiger partial charge in [-0.05, 0) is 6.07 Å². The maximum Gasteiger partial charge on any atom is 0.325 e. The minimum absolute atomic E-state index is 0.125. The van der Waals surface area contributed by atoms with E-state index in [-0.39, 0.29) is 18.2 Å². The number of hydrogen-bond donors (Lipinski definition) is 1. The van der Waals surface area contributed by atoms with Crippen molar-refractivity contribution < 1.29 is 14.3 Å². The van der Waals surface area contributed by atoms with E-state index in [1.54, 1.807) is 0 Å². The van der Waals surface area contributed by atoms with Crippen LogP contribution in [0.3, 0.4) is 0 Å². The lowest BCUT2D eigenvalue weighted by Gasteiger charge is -2.05. The molecule has 0 saturated heterocycles. The van der Waals surface area contributed by atoms with Crippen LogP contribution in [-0.4, -0.2) is 41.3 Å². The number of esters is 1. The average molecular weight is 291 g/mol. The molecule has 0 saturated carbocycles. The van der Waals surface area contributed by atoms with Crippen molar-refractivity contribution in [2.24, 2.45) is 0 Å². The van der Waals surface area contributed by atoms with Gasteiger partial charge in [0.15, 0.2) is 0 Å². The molecular formula is C13H13N3O3S. The number of carbonyl (C=O) groups excluding carboxylic acids is 2. The summed E-state index contributed by atoms with van der Waals surface area (Å²) in [5.41, 5.74) is 0.833. The summed E-state index contributed by atoms with van der Waals surface area (Å²) in [5.74, 6) is -0.545. The van der Waals surface area contributed by atoms with Crippen LogP contribution in [0.1, 0.15) is 0 Å². The molecule has 1 aromatic carbocycles. The molecular weight excluding hydrogens is 278 g/mol. The zero-order valence-electron chi connectivity index (χ0n) is 10.8. The van der Waals surface area contributed by atoms with Crippen LogP contribution in [-0.2, 0) is 14.3 Å². The molecule has 0 atom stereocenters. The number of thioether (sulfide) groups is 1. The molecule has 0 aliphatic rings. The van der Waals surface area contributed by atoms with Crippen molar-refractivity contribution in [2.45, 2.75) is 5.03 Å². The molecule has 0 unspecified atom stereocenters. The predicted molar refractivity (Wildman–Crippen MR) is 75.3 cm³/mol. The lowest BCUT2D eigenvalue weighted by Crippen LogP contribution is -2.31. The van der Waals surface area contributed by atoms with E-state index in [2.05, 4.69) is 20.0 Å². The van der Waals surface area contributed by atoms with E-state index in [4.69, 9.17) is 0 Å². The molecule has 0 spiro atoms. The van der Waals surface area contributed by atoms with Crippen molar-refractivity contribution in [1.29, 1.82) is 0 Å². The first kappa shape index (κ1) is 14.3. The number of hydrogen-bond acceptors (Lipinski definition) is 6. The summed E-state index contributed by atoms with van der Waals surface area (Å²) < 4.78 is 4.44. The Morgan fingerprint density at radius 3 is 2.90 bits per heavy atom. The molecule has 1 aromatic heterocycles. The zero-order chi connectivity index (χ0) is 14.4. The maximum absolute atomic E-state index is 11.6. The van der Waals surface area contributed by atoms with Crippen molar-refractivity contribution in [2.75, 3.05) is 19.4 Å². The van der Waals surface area contributed by atoms with Crippen LogP contribution in [0.4, 0.5) is 0 Å². The average Bonchev–Trinajstić information content (AvgIpc) is 2.50. The number of nitrogens with one attached hydrogen (secondary N) is 1. The fourth-order valence-corrected chi connectivity index (χ4v) is 2.34. The van der Waals surface area contributed by atoms with E-state index in [0.717, 1.165) is 15.9 Å². The molecule has 0 bridgehead atoms. The standard InChI is InChI=1S/C13H13N3O3S/c1-19-12(18)6-14-11(17)7-20-13-9-4-2-3-5-10(9)15-8-16-13/h2-5,8H,6-7H2,1H3,(H,14,17). The summed E-state index contributed by atoms with van der Waals surface area (Å²) in [6.45, 7) is -0.125. The summed E-state index contributed by atoms with van der Waals surface area (Å²) in [5, 5.41) is 4.12. The van der Waals surface area contributed by atoms with Gasteiger partial charge in [0.25, 0.3) is 0 Å². The summed E-state index contributed by atoms with van der Waals surface area (Å²) >= 11 is 1.30. The van der Waals surface area contributed by atoms with Crippen LogP contribution in [0.15, 0.2) is 35.6 Å². The second-order valence-corrected chi connectivity index (χ2v) is 4.80. The lowest BCUT2D eigenvalue weighted by molar-refractivity contribution is -0.140. The highest BCUT2D eigenvalue weighted by molar-refractivity contribution is 8.00. The van der Waals surface area contributed by atoms with Gasteiger partial charge in [-0.1, -0.05) is 30.0 Å². The Bertz CT molecular complexity index is 628. The quantitative estimate of drug-likeness (QED) is 0.503. The normalized spacial score (nSPS) is 10.2. The second-order valence-electron chi connectivity index (χ2n) is 3.84. The maximum atomic E-state index is 11.6. The van der Waals surface area contributed by atoms with Crippen LogP contribution in [0.5, 0.6) is 0 Å². The monoisotopic (exact) mass is 291 g/mol. The molecule has 0 radical (unpaired) electrons. The fraction of sp³-hybridized carbons (Fsp3) is 0.231. The van der Waals surface area contributed by atoms with Gasteiger partial charge < -0.3 is 10.1 Å². The number of benzene rings is 1. The lowest BCUT2D eigenvalue weighted by atomic mass is 10.2. The van der Waals surface area contributed by atoms with Crippen LogP contribution < -0.4 is 5.32 Å². The number of rotatable bonds is 5. The van der Waals surface area contributed by atoms with Crippen molar-refractivity contribution in [3.63, 3.8) is 0 Å². The third-order valence-corrected chi connectivity index (χ3v) is 3.51. The first-order valence-electron chi connectivity index (χ1n) is 5.87. The topological polar surface area (TPSA) is 81.2 Å². The first-order chi connectivity index (χ1) is 9.70. The van der Waals surface area contributed by atoms with Crippen molar-refractivity contribution >= 4 is 34.5 Å². The predicted octanol–water partition coefficient (Wildman–Crippen LogP) is 1.01. The molecule has 2 rings (SSSR count). The summed E-state index contributed by atoms with van der Waals surface area (Å²) in [6, 6.07) is 7.59. The Morgan fingerprint density at radius 2 is 2.10 bits per heavy atom. The van der Waals surface area contributed by atoms with E-state index in [1.165, 1.54) is 25.2 Å². The van der Waals surface area contributed by atoms with Crippen LogP contribution in [0.2, 0.25) is 0 Å². The molecule has 1 N–H and O–H groups in total. The number of fused-ring (bicyclic) bond motifs is 1. The highest BCUT2D eigenvalue weighted by Crippen LogP contribution is 2.23. The Balaban J connectivity index is 1.96. The third kappa shape index (κ3) is 3.67. The van der Waals surface area contributed by atoms with Gasteiger partial charge in [0.05, 0.1) is 18.4 Å². The molecule has 2 aromatic rings. The molecule has 0 aliphatic heterocycles. The Kier molecular flexibility index (Phi) is 4.89. The molecule has 104 valence electrons. The number of ether oxygens (including phenoxy) is 1. The Labute approximate surface area is 119 Å². The van der Waals surface area contributed by atoms with Crippen LogP contribution in [0.25, 0.3) is 10.9 Å². The molecule has 1 heterocycles. The summed E-state index contributed by atoms with van der Waals surface area (Å²) in [4.78, 5) is 30.8. The van der Waals surface area contributed by atoms with E-state index < -0.39 is 5.97 Å². The third-order valence-electron chi connectivity index (χ3n) is 2.50. The highest BCUT2D eigenvalue weighted by atomic mass is 32.2. The van der Waals surface area contributed by atoms with Gasteiger partial charge >= 0.3 is 5.97 Å². The number of methoxy groups -OCH3 is 1.